The minimum atomic E-state index is -3.51. The molecule has 1 aromatic heterocycles. The van der Waals surface area contributed by atoms with Gasteiger partial charge in [0.15, 0.2) is 0 Å². The minimum Gasteiger partial charge on any atom is -0.349 e. The van der Waals surface area contributed by atoms with E-state index in [9.17, 15) is 18.0 Å². The van der Waals surface area contributed by atoms with Crippen LogP contribution in [-0.2, 0) is 10.0 Å². The summed E-state index contributed by atoms with van der Waals surface area (Å²) in [7, 11) is -3.51. The summed E-state index contributed by atoms with van der Waals surface area (Å²) >= 11 is 0. The van der Waals surface area contributed by atoms with E-state index < -0.39 is 10.0 Å². The SMILES string of the molecule is Cc1ccc(S(=O)(=O)N2CCC(NC(=O)c3ccc(=O)[nH]c3)CC2)cc1. The first-order valence-corrected chi connectivity index (χ1v) is 9.87. The van der Waals surface area contributed by atoms with E-state index in [2.05, 4.69) is 10.3 Å². The van der Waals surface area contributed by atoms with Gasteiger partial charge in [0.25, 0.3) is 5.91 Å². The predicted molar refractivity (Wildman–Crippen MR) is 97.5 cm³/mol. The van der Waals surface area contributed by atoms with Gasteiger partial charge in [-0.1, -0.05) is 17.7 Å². The molecule has 1 aliphatic rings. The molecule has 1 saturated heterocycles. The second-order valence-electron chi connectivity index (χ2n) is 6.41. The minimum absolute atomic E-state index is 0.0982. The van der Waals surface area contributed by atoms with Crippen LogP contribution >= 0.6 is 0 Å². The second kappa shape index (κ2) is 7.43. The molecule has 1 fully saturated rings. The maximum atomic E-state index is 12.7. The van der Waals surface area contributed by atoms with Crippen molar-refractivity contribution in [1.82, 2.24) is 14.6 Å². The summed E-state index contributed by atoms with van der Waals surface area (Å²) in [5.41, 5.74) is 1.11. The van der Waals surface area contributed by atoms with Crippen LogP contribution in [-0.4, -0.2) is 42.7 Å². The topological polar surface area (TPSA) is 99.3 Å². The van der Waals surface area contributed by atoms with Gasteiger partial charge in [-0.05, 0) is 38.0 Å². The van der Waals surface area contributed by atoms with E-state index in [4.69, 9.17) is 0 Å². The highest BCUT2D eigenvalue weighted by molar-refractivity contribution is 7.89. The lowest BCUT2D eigenvalue weighted by Gasteiger charge is -2.31. The number of carbonyl (C=O) groups excluding carboxylic acids is 1. The lowest BCUT2D eigenvalue weighted by atomic mass is 10.1. The normalized spacial score (nSPS) is 16.3. The number of hydrogen-bond donors (Lipinski definition) is 2. The fourth-order valence-electron chi connectivity index (χ4n) is 2.92. The maximum absolute atomic E-state index is 12.7. The zero-order valence-corrected chi connectivity index (χ0v) is 15.3. The number of nitrogens with zero attached hydrogens (tertiary/aromatic N) is 1. The third-order valence-electron chi connectivity index (χ3n) is 4.49. The number of benzene rings is 1. The lowest BCUT2D eigenvalue weighted by Crippen LogP contribution is -2.46. The van der Waals surface area contributed by atoms with Crippen LogP contribution in [0.3, 0.4) is 0 Å². The first kappa shape index (κ1) is 18.3. The molecule has 0 spiro atoms. The number of H-pyrrole nitrogens is 1. The number of nitrogens with one attached hydrogen (secondary N) is 2. The highest BCUT2D eigenvalue weighted by atomic mass is 32.2. The van der Waals surface area contributed by atoms with Crippen molar-refractivity contribution in [2.75, 3.05) is 13.1 Å². The van der Waals surface area contributed by atoms with Gasteiger partial charge in [-0.25, -0.2) is 8.42 Å². The molecule has 7 nitrogen and oxygen atoms in total. The van der Waals surface area contributed by atoms with Gasteiger partial charge in [0.05, 0.1) is 10.5 Å². The largest absolute Gasteiger partial charge is 0.349 e. The number of amides is 1. The number of carbonyl (C=O) groups is 1. The molecule has 2 heterocycles. The number of piperidine rings is 1. The van der Waals surface area contributed by atoms with Crippen molar-refractivity contribution in [2.45, 2.75) is 30.7 Å². The van der Waals surface area contributed by atoms with Gasteiger partial charge in [-0.3, -0.25) is 9.59 Å². The Balaban J connectivity index is 1.60. The Hall–Kier alpha value is -2.45. The van der Waals surface area contributed by atoms with Crippen molar-refractivity contribution in [3.05, 3.63) is 64.1 Å². The average molecular weight is 375 g/mol. The molecule has 3 rings (SSSR count). The number of rotatable bonds is 4. The van der Waals surface area contributed by atoms with Crippen LogP contribution in [0, 0.1) is 6.92 Å². The third-order valence-corrected chi connectivity index (χ3v) is 6.41. The van der Waals surface area contributed by atoms with Crippen LogP contribution in [0.4, 0.5) is 0 Å². The molecule has 2 N–H and O–H groups in total. The number of hydrogen-bond acceptors (Lipinski definition) is 4. The maximum Gasteiger partial charge on any atom is 0.252 e. The van der Waals surface area contributed by atoms with Crippen LogP contribution in [0.25, 0.3) is 0 Å². The number of pyridine rings is 1. The summed E-state index contributed by atoms with van der Waals surface area (Å²) in [6, 6.07) is 9.47. The van der Waals surface area contributed by atoms with E-state index in [0.29, 0.717) is 36.4 Å². The molecule has 0 unspecified atom stereocenters. The molecule has 8 heteroatoms. The molecule has 138 valence electrons. The standard InChI is InChI=1S/C18H21N3O4S/c1-13-2-5-16(6-3-13)26(24,25)21-10-8-15(9-11-21)20-18(23)14-4-7-17(22)19-12-14/h2-7,12,15H,8-11H2,1H3,(H,19,22)(H,20,23). The molecule has 0 saturated carbocycles. The number of aromatic nitrogens is 1. The Kier molecular flexibility index (Phi) is 5.24. The van der Waals surface area contributed by atoms with Crippen LogP contribution in [0.5, 0.6) is 0 Å². The van der Waals surface area contributed by atoms with Crippen molar-refractivity contribution in [3.63, 3.8) is 0 Å². The molecule has 0 aliphatic carbocycles. The van der Waals surface area contributed by atoms with E-state index in [1.165, 1.54) is 22.6 Å². The van der Waals surface area contributed by atoms with Crippen LogP contribution in [0.2, 0.25) is 0 Å². The summed E-state index contributed by atoms with van der Waals surface area (Å²) in [6.07, 6.45) is 2.45. The van der Waals surface area contributed by atoms with Crippen molar-refractivity contribution in [1.29, 1.82) is 0 Å². The van der Waals surface area contributed by atoms with Gasteiger partial charge in [0.2, 0.25) is 15.6 Å². The monoisotopic (exact) mass is 375 g/mol. The highest BCUT2D eigenvalue weighted by Gasteiger charge is 2.30. The van der Waals surface area contributed by atoms with Crippen molar-refractivity contribution < 1.29 is 13.2 Å². The Morgan fingerprint density at radius 1 is 1.12 bits per heavy atom. The fraction of sp³-hybridized carbons (Fsp3) is 0.333. The molecule has 26 heavy (non-hydrogen) atoms. The van der Waals surface area contributed by atoms with Crippen LogP contribution in [0.1, 0.15) is 28.8 Å². The zero-order valence-electron chi connectivity index (χ0n) is 14.4. The quantitative estimate of drug-likeness (QED) is 0.840. The molecule has 2 aromatic rings. The number of sulfonamides is 1. The van der Waals surface area contributed by atoms with E-state index >= 15 is 0 Å². The Morgan fingerprint density at radius 3 is 2.35 bits per heavy atom. The molecule has 1 aromatic carbocycles. The molecule has 0 radical (unpaired) electrons. The van der Waals surface area contributed by atoms with Gasteiger partial charge in [0, 0.05) is 31.4 Å². The van der Waals surface area contributed by atoms with Crippen LogP contribution < -0.4 is 10.9 Å². The molecule has 1 amide bonds. The lowest BCUT2D eigenvalue weighted by molar-refractivity contribution is 0.0923. The fourth-order valence-corrected chi connectivity index (χ4v) is 4.39. The smallest absolute Gasteiger partial charge is 0.252 e. The van der Waals surface area contributed by atoms with E-state index in [0.717, 1.165) is 5.56 Å². The summed E-state index contributed by atoms with van der Waals surface area (Å²) in [5.74, 6) is -0.277. The predicted octanol–water partition coefficient (Wildman–Crippen LogP) is 1.27. The summed E-state index contributed by atoms with van der Waals surface area (Å²) < 4.78 is 26.8. The van der Waals surface area contributed by atoms with Crippen molar-refractivity contribution in [3.8, 4) is 0 Å². The van der Waals surface area contributed by atoms with Gasteiger partial charge < -0.3 is 10.3 Å². The van der Waals surface area contributed by atoms with E-state index in [1.54, 1.807) is 24.3 Å². The van der Waals surface area contributed by atoms with Crippen LogP contribution in [0.15, 0.2) is 52.3 Å². The molecular weight excluding hydrogens is 354 g/mol. The average Bonchev–Trinajstić information content (AvgIpc) is 2.63. The van der Waals surface area contributed by atoms with Gasteiger partial charge in [-0.2, -0.15) is 4.31 Å². The Morgan fingerprint density at radius 2 is 1.77 bits per heavy atom. The number of aryl methyl sites for hydroxylation is 1. The molecule has 0 atom stereocenters. The Labute approximate surface area is 152 Å². The molecule has 0 bridgehead atoms. The third kappa shape index (κ3) is 4.03. The Bertz CT molecular complexity index is 923. The molecular formula is C18H21N3O4S. The molecule has 1 aliphatic heterocycles. The summed E-state index contributed by atoms with van der Waals surface area (Å²) in [4.78, 5) is 26.0. The van der Waals surface area contributed by atoms with Gasteiger partial charge in [0.1, 0.15) is 0 Å². The van der Waals surface area contributed by atoms with Crippen molar-refractivity contribution >= 4 is 15.9 Å². The first-order chi connectivity index (χ1) is 12.4. The summed E-state index contributed by atoms with van der Waals surface area (Å²) in [5, 5.41) is 2.89. The van der Waals surface area contributed by atoms with Crippen molar-refractivity contribution in [2.24, 2.45) is 0 Å². The number of aromatic amines is 1. The van der Waals surface area contributed by atoms with Gasteiger partial charge >= 0.3 is 0 Å². The summed E-state index contributed by atoms with van der Waals surface area (Å²) in [6.45, 7) is 2.62. The van der Waals surface area contributed by atoms with Gasteiger partial charge in [-0.15, -0.1) is 0 Å². The van der Waals surface area contributed by atoms with E-state index in [1.807, 2.05) is 6.92 Å². The second-order valence-corrected chi connectivity index (χ2v) is 8.34. The van der Waals surface area contributed by atoms with E-state index in [-0.39, 0.29) is 17.5 Å². The first-order valence-electron chi connectivity index (χ1n) is 8.43. The zero-order chi connectivity index (χ0) is 18.7. The highest BCUT2D eigenvalue weighted by Crippen LogP contribution is 2.21.